The molecular formula is C8H7KN2O2. The Balaban J connectivity index is 0.000000845. The van der Waals surface area contributed by atoms with Crippen molar-refractivity contribution in [1.29, 1.82) is 0 Å². The van der Waals surface area contributed by atoms with Gasteiger partial charge in [-0.1, -0.05) is 12.1 Å². The molecule has 0 unspecified atom stereocenters. The van der Waals surface area contributed by atoms with Gasteiger partial charge in [0.25, 0.3) is 11.8 Å². The van der Waals surface area contributed by atoms with Crippen LogP contribution < -0.4 is 5.84 Å². The van der Waals surface area contributed by atoms with E-state index in [-0.39, 0.29) is 51.4 Å². The molecule has 1 aromatic rings. The number of hydrazine groups is 1. The molecule has 0 aliphatic carbocycles. The van der Waals surface area contributed by atoms with Gasteiger partial charge < -0.3 is 0 Å². The van der Waals surface area contributed by atoms with Crippen LogP contribution >= 0.6 is 0 Å². The first-order valence-corrected chi connectivity index (χ1v) is 3.44. The van der Waals surface area contributed by atoms with E-state index in [2.05, 4.69) is 0 Å². The number of benzene rings is 1. The standard InChI is InChI=1S/C8H6N2O2.K.H/c9-10-7(11)5-3-1-2-4-6(5)8(10)12;;/h1-4H,9H2;;. The summed E-state index contributed by atoms with van der Waals surface area (Å²) in [6.07, 6.45) is 0. The zero-order valence-electron chi connectivity index (χ0n) is 6.15. The molecule has 0 saturated carbocycles. The number of fused-ring (bicyclic) bond motifs is 1. The fourth-order valence-electron chi connectivity index (χ4n) is 1.21. The minimum atomic E-state index is -0.435. The molecule has 5 heteroatoms. The molecule has 2 N–H and O–H groups in total. The van der Waals surface area contributed by atoms with E-state index in [0.29, 0.717) is 16.1 Å². The molecule has 0 radical (unpaired) electrons. The molecule has 0 saturated heterocycles. The van der Waals surface area contributed by atoms with E-state index in [9.17, 15) is 9.59 Å². The van der Waals surface area contributed by atoms with Crippen molar-refractivity contribution >= 4 is 63.2 Å². The molecule has 0 atom stereocenters. The van der Waals surface area contributed by atoms with Crippen molar-refractivity contribution in [2.24, 2.45) is 5.84 Å². The van der Waals surface area contributed by atoms with Crippen LogP contribution in [0.2, 0.25) is 0 Å². The Morgan fingerprint density at radius 1 is 1.00 bits per heavy atom. The summed E-state index contributed by atoms with van der Waals surface area (Å²) >= 11 is 0. The van der Waals surface area contributed by atoms with Crippen LogP contribution in [0.25, 0.3) is 0 Å². The number of hydrogen-bond acceptors (Lipinski definition) is 3. The van der Waals surface area contributed by atoms with Gasteiger partial charge in [-0.05, 0) is 12.1 Å². The predicted octanol–water partition coefficient (Wildman–Crippen LogP) is -0.492. The third kappa shape index (κ3) is 1.63. The van der Waals surface area contributed by atoms with Gasteiger partial charge in [0.1, 0.15) is 0 Å². The normalized spacial score (nSPS) is 14.1. The third-order valence-corrected chi connectivity index (χ3v) is 1.83. The van der Waals surface area contributed by atoms with Gasteiger partial charge in [0.2, 0.25) is 0 Å². The van der Waals surface area contributed by atoms with Gasteiger partial charge in [-0.25, -0.2) is 10.9 Å². The second-order valence-electron chi connectivity index (χ2n) is 2.53. The fourth-order valence-corrected chi connectivity index (χ4v) is 1.21. The molecule has 0 spiro atoms. The van der Waals surface area contributed by atoms with E-state index in [0.717, 1.165) is 0 Å². The van der Waals surface area contributed by atoms with Crippen molar-refractivity contribution in [3.05, 3.63) is 35.4 Å². The van der Waals surface area contributed by atoms with E-state index < -0.39 is 11.8 Å². The Morgan fingerprint density at radius 2 is 1.38 bits per heavy atom. The average molecular weight is 202 g/mol. The summed E-state index contributed by atoms with van der Waals surface area (Å²) in [5.74, 6) is 4.34. The van der Waals surface area contributed by atoms with Gasteiger partial charge >= 0.3 is 51.4 Å². The van der Waals surface area contributed by atoms with Crippen LogP contribution in [0.1, 0.15) is 20.7 Å². The summed E-state index contributed by atoms with van der Waals surface area (Å²) in [4.78, 5) is 22.4. The van der Waals surface area contributed by atoms with Crippen molar-refractivity contribution in [1.82, 2.24) is 5.01 Å². The second-order valence-corrected chi connectivity index (χ2v) is 2.53. The molecule has 2 rings (SSSR count). The number of imide groups is 1. The van der Waals surface area contributed by atoms with Crippen molar-refractivity contribution in [2.75, 3.05) is 0 Å². The summed E-state index contributed by atoms with van der Waals surface area (Å²) in [6, 6.07) is 6.57. The molecule has 13 heavy (non-hydrogen) atoms. The van der Waals surface area contributed by atoms with Crippen LogP contribution in [0, 0.1) is 0 Å². The maximum absolute atomic E-state index is 11.2. The molecule has 1 aliphatic rings. The van der Waals surface area contributed by atoms with Crippen LogP contribution in [0.4, 0.5) is 0 Å². The molecule has 2 amide bonds. The predicted molar refractivity (Wildman–Crippen MR) is 48.3 cm³/mol. The average Bonchev–Trinajstić information content (AvgIpc) is 2.33. The second kappa shape index (κ2) is 3.99. The Hall–Kier alpha value is -0.0436. The van der Waals surface area contributed by atoms with Crippen LogP contribution in [0.15, 0.2) is 24.3 Å². The Bertz CT molecular complexity index is 343. The summed E-state index contributed by atoms with van der Waals surface area (Å²) in [5.41, 5.74) is 0.759. The number of nitrogens with two attached hydrogens (primary N) is 1. The number of amides is 2. The van der Waals surface area contributed by atoms with E-state index in [1.54, 1.807) is 24.3 Å². The molecule has 0 bridgehead atoms. The van der Waals surface area contributed by atoms with Crippen molar-refractivity contribution < 1.29 is 9.59 Å². The van der Waals surface area contributed by atoms with Crippen molar-refractivity contribution in [3.8, 4) is 0 Å². The third-order valence-electron chi connectivity index (χ3n) is 1.83. The summed E-state index contributed by atoms with van der Waals surface area (Å²) in [6.45, 7) is 0. The zero-order valence-corrected chi connectivity index (χ0v) is 6.15. The number of nitrogens with zero attached hydrogens (tertiary/aromatic N) is 1. The van der Waals surface area contributed by atoms with E-state index >= 15 is 0 Å². The van der Waals surface area contributed by atoms with Crippen molar-refractivity contribution in [3.63, 3.8) is 0 Å². The maximum atomic E-state index is 11.2. The van der Waals surface area contributed by atoms with Gasteiger partial charge in [-0.2, -0.15) is 0 Å². The van der Waals surface area contributed by atoms with Gasteiger partial charge in [0.15, 0.2) is 0 Å². The van der Waals surface area contributed by atoms with Crippen molar-refractivity contribution in [2.45, 2.75) is 0 Å². The zero-order chi connectivity index (χ0) is 8.72. The van der Waals surface area contributed by atoms with Crippen LogP contribution in [0.3, 0.4) is 0 Å². The summed E-state index contributed by atoms with van der Waals surface area (Å²) in [5, 5.41) is 0.630. The summed E-state index contributed by atoms with van der Waals surface area (Å²) < 4.78 is 0. The molecule has 1 heterocycles. The molecule has 4 nitrogen and oxygen atoms in total. The molecule has 0 fully saturated rings. The SMILES string of the molecule is NN1C(=O)c2ccccc2C1=O.[KH]. The Kier molecular flexibility index (Phi) is 3.39. The van der Waals surface area contributed by atoms with Gasteiger partial charge in [0, 0.05) is 0 Å². The van der Waals surface area contributed by atoms with Gasteiger partial charge in [-0.15, -0.1) is 0 Å². The quantitative estimate of drug-likeness (QED) is 0.267. The number of rotatable bonds is 0. The summed E-state index contributed by atoms with van der Waals surface area (Å²) in [7, 11) is 0. The van der Waals surface area contributed by atoms with E-state index in [1.807, 2.05) is 0 Å². The molecule has 1 aliphatic heterocycles. The molecule has 1 aromatic carbocycles. The first-order valence-electron chi connectivity index (χ1n) is 3.44. The Morgan fingerprint density at radius 3 is 1.77 bits per heavy atom. The first kappa shape index (κ1) is 11.0. The topological polar surface area (TPSA) is 63.4 Å². The van der Waals surface area contributed by atoms with Crippen LogP contribution in [-0.2, 0) is 0 Å². The number of hydrogen-bond donors (Lipinski definition) is 1. The minimum absolute atomic E-state index is 0. The molecule has 62 valence electrons. The van der Waals surface area contributed by atoms with E-state index in [4.69, 9.17) is 5.84 Å². The van der Waals surface area contributed by atoms with E-state index in [1.165, 1.54) is 0 Å². The van der Waals surface area contributed by atoms with Gasteiger partial charge in [0.05, 0.1) is 11.1 Å². The number of carbonyl (C=O) groups is 2. The molecule has 0 aromatic heterocycles. The van der Waals surface area contributed by atoms with Gasteiger partial charge in [-0.3, -0.25) is 9.59 Å². The number of carbonyl (C=O) groups excluding carboxylic acids is 2. The fraction of sp³-hybridized carbons (Fsp3) is 0. The van der Waals surface area contributed by atoms with Crippen LogP contribution in [-0.4, -0.2) is 68.2 Å². The van der Waals surface area contributed by atoms with Crippen LogP contribution in [0.5, 0.6) is 0 Å². The monoisotopic (exact) mass is 202 g/mol. The molecular weight excluding hydrogens is 195 g/mol. The first-order chi connectivity index (χ1) is 5.72. The Labute approximate surface area is 117 Å².